The first-order valence-electron chi connectivity index (χ1n) is 5.56. The number of aromatic nitrogens is 2. The Morgan fingerprint density at radius 3 is 2.50 bits per heavy atom. The lowest BCUT2D eigenvalue weighted by atomic mass is 10.0. The van der Waals surface area contributed by atoms with E-state index in [-0.39, 0.29) is 0 Å². The molecule has 0 atom stereocenters. The monoisotopic (exact) mass is 215 g/mol. The Hall–Kier alpha value is -1.61. The summed E-state index contributed by atoms with van der Waals surface area (Å²) >= 11 is 0. The molecule has 0 unspecified atom stereocenters. The van der Waals surface area contributed by atoms with Crippen LogP contribution in [0.15, 0.2) is 30.3 Å². The molecule has 0 fully saturated rings. The number of nitrogens with zero attached hydrogens (tertiary/aromatic N) is 1. The van der Waals surface area contributed by atoms with Crippen LogP contribution in [0.2, 0.25) is 0 Å². The lowest BCUT2D eigenvalue weighted by Crippen LogP contribution is -1.98. The number of imidazole rings is 1. The quantitative estimate of drug-likeness (QED) is 0.827. The SMILES string of the molecule is CC(C)c1[nH]c(CN)nc1-c1ccccc1. The number of nitrogens with one attached hydrogen (secondary N) is 1. The van der Waals surface area contributed by atoms with Crippen LogP contribution in [0.25, 0.3) is 11.3 Å². The number of rotatable bonds is 3. The first kappa shape index (κ1) is 10.9. The van der Waals surface area contributed by atoms with Crippen LogP contribution in [0.4, 0.5) is 0 Å². The highest BCUT2D eigenvalue weighted by Gasteiger charge is 2.13. The van der Waals surface area contributed by atoms with E-state index >= 15 is 0 Å². The zero-order valence-corrected chi connectivity index (χ0v) is 9.70. The minimum atomic E-state index is 0.419. The Kier molecular flexibility index (Phi) is 3.06. The first-order valence-corrected chi connectivity index (χ1v) is 5.56. The fraction of sp³-hybridized carbons (Fsp3) is 0.308. The number of benzene rings is 1. The molecule has 1 heterocycles. The minimum absolute atomic E-state index is 0.419. The second-order valence-corrected chi connectivity index (χ2v) is 4.17. The van der Waals surface area contributed by atoms with E-state index in [0.29, 0.717) is 12.5 Å². The zero-order chi connectivity index (χ0) is 11.5. The third-order valence-corrected chi connectivity index (χ3v) is 2.60. The maximum Gasteiger partial charge on any atom is 0.120 e. The largest absolute Gasteiger partial charge is 0.344 e. The molecule has 3 nitrogen and oxygen atoms in total. The van der Waals surface area contributed by atoms with Gasteiger partial charge in [0.05, 0.1) is 12.2 Å². The highest BCUT2D eigenvalue weighted by Crippen LogP contribution is 2.26. The van der Waals surface area contributed by atoms with Crippen LogP contribution in [0.1, 0.15) is 31.3 Å². The molecule has 16 heavy (non-hydrogen) atoms. The van der Waals surface area contributed by atoms with Gasteiger partial charge in [-0.3, -0.25) is 0 Å². The predicted molar refractivity (Wildman–Crippen MR) is 66.0 cm³/mol. The summed E-state index contributed by atoms with van der Waals surface area (Å²) in [6.07, 6.45) is 0. The predicted octanol–water partition coefficient (Wildman–Crippen LogP) is 2.66. The van der Waals surface area contributed by atoms with Crippen molar-refractivity contribution in [2.24, 2.45) is 5.73 Å². The van der Waals surface area contributed by atoms with Crippen molar-refractivity contribution in [3.63, 3.8) is 0 Å². The molecule has 3 heteroatoms. The summed E-state index contributed by atoms with van der Waals surface area (Å²) in [6.45, 7) is 4.76. The maximum atomic E-state index is 5.62. The van der Waals surface area contributed by atoms with E-state index in [1.807, 2.05) is 18.2 Å². The zero-order valence-electron chi connectivity index (χ0n) is 9.70. The maximum absolute atomic E-state index is 5.62. The van der Waals surface area contributed by atoms with Gasteiger partial charge in [-0.25, -0.2) is 4.98 Å². The summed E-state index contributed by atoms with van der Waals surface area (Å²) in [4.78, 5) is 7.83. The standard InChI is InChI=1S/C13H17N3/c1-9(2)12-13(16-11(8-14)15-12)10-6-4-3-5-7-10/h3-7,9H,8,14H2,1-2H3,(H,15,16). The van der Waals surface area contributed by atoms with Gasteiger partial charge in [-0.2, -0.15) is 0 Å². The fourth-order valence-electron chi connectivity index (χ4n) is 1.77. The summed E-state index contributed by atoms with van der Waals surface area (Å²) in [6, 6.07) is 10.2. The Bertz CT molecular complexity index is 457. The minimum Gasteiger partial charge on any atom is -0.344 e. The van der Waals surface area contributed by atoms with E-state index in [4.69, 9.17) is 5.73 Å². The van der Waals surface area contributed by atoms with Gasteiger partial charge in [-0.1, -0.05) is 44.2 Å². The van der Waals surface area contributed by atoms with Crippen molar-refractivity contribution < 1.29 is 0 Å². The summed E-state index contributed by atoms with van der Waals surface area (Å²) in [7, 11) is 0. The third kappa shape index (κ3) is 1.99. The van der Waals surface area contributed by atoms with E-state index in [9.17, 15) is 0 Å². The van der Waals surface area contributed by atoms with Gasteiger partial charge >= 0.3 is 0 Å². The van der Waals surface area contributed by atoms with Crippen molar-refractivity contribution >= 4 is 0 Å². The number of aromatic amines is 1. The van der Waals surface area contributed by atoms with Crippen LogP contribution in [0, 0.1) is 0 Å². The molecule has 0 amide bonds. The van der Waals surface area contributed by atoms with Crippen molar-refractivity contribution in [3.8, 4) is 11.3 Å². The summed E-state index contributed by atoms with van der Waals surface area (Å²) in [5.41, 5.74) is 8.94. The average Bonchev–Trinajstić information content (AvgIpc) is 2.74. The normalized spacial score (nSPS) is 11.0. The van der Waals surface area contributed by atoms with Crippen LogP contribution < -0.4 is 5.73 Å². The molecule has 2 aromatic rings. The Morgan fingerprint density at radius 2 is 1.94 bits per heavy atom. The summed E-state index contributed by atoms with van der Waals surface area (Å²) in [5, 5.41) is 0. The van der Waals surface area contributed by atoms with Crippen molar-refractivity contribution in [2.45, 2.75) is 26.3 Å². The number of hydrogen-bond donors (Lipinski definition) is 2. The first-order chi connectivity index (χ1) is 7.72. The molecule has 0 aliphatic carbocycles. The molecule has 1 aromatic heterocycles. The molecule has 1 aromatic carbocycles. The molecule has 2 rings (SSSR count). The Labute approximate surface area is 95.7 Å². The van der Waals surface area contributed by atoms with Crippen LogP contribution in [0.3, 0.4) is 0 Å². The van der Waals surface area contributed by atoms with Crippen molar-refractivity contribution in [1.29, 1.82) is 0 Å². The lowest BCUT2D eigenvalue weighted by molar-refractivity contribution is 0.822. The molecular formula is C13H17N3. The van der Waals surface area contributed by atoms with Crippen molar-refractivity contribution in [1.82, 2.24) is 9.97 Å². The van der Waals surface area contributed by atoms with Gasteiger partial charge in [-0.05, 0) is 5.92 Å². The van der Waals surface area contributed by atoms with Gasteiger partial charge in [0.15, 0.2) is 0 Å². The van der Waals surface area contributed by atoms with Gasteiger partial charge in [0, 0.05) is 11.3 Å². The summed E-state index contributed by atoms with van der Waals surface area (Å²) in [5.74, 6) is 1.27. The molecule has 84 valence electrons. The lowest BCUT2D eigenvalue weighted by Gasteiger charge is -2.05. The van der Waals surface area contributed by atoms with E-state index < -0.39 is 0 Å². The molecule has 0 spiro atoms. The molecule has 0 bridgehead atoms. The molecule has 0 saturated carbocycles. The molecule has 0 saturated heterocycles. The van der Waals surface area contributed by atoms with Gasteiger partial charge in [0.2, 0.25) is 0 Å². The Balaban J connectivity index is 2.51. The fourth-order valence-corrected chi connectivity index (χ4v) is 1.77. The van der Waals surface area contributed by atoms with E-state index in [1.54, 1.807) is 0 Å². The van der Waals surface area contributed by atoms with Crippen LogP contribution >= 0.6 is 0 Å². The highest BCUT2D eigenvalue weighted by molar-refractivity contribution is 5.62. The average molecular weight is 215 g/mol. The van der Waals surface area contributed by atoms with Gasteiger partial charge < -0.3 is 10.7 Å². The number of hydrogen-bond acceptors (Lipinski definition) is 2. The highest BCUT2D eigenvalue weighted by atomic mass is 15.0. The van der Waals surface area contributed by atoms with Crippen LogP contribution in [-0.2, 0) is 6.54 Å². The van der Waals surface area contributed by atoms with E-state index in [1.165, 1.54) is 0 Å². The molecule has 3 N–H and O–H groups in total. The topological polar surface area (TPSA) is 54.7 Å². The molecule has 0 aliphatic rings. The van der Waals surface area contributed by atoms with E-state index in [0.717, 1.165) is 22.8 Å². The molecule has 0 aliphatic heterocycles. The van der Waals surface area contributed by atoms with Crippen LogP contribution in [-0.4, -0.2) is 9.97 Å². The van der Waals surface area contributed by atoms with Crippen molar-refractivity contribution in [2.75, 3.05) is 0 Å². The van der Waals surface area contributed by atoms with Gasteiger partial charge in [0.1, 0.15) is 5.82 Å². The number of nitrogens with two attached hydrogens (primary N) is 1. The Morgan fingerprint density at radius 1 is 1.25 bits per heavy atom. The van der Waals surface area contributed by atoms with Crippen molar-refractivity contribution in [3.05, 3.63) is 41.9 Å². The second-order valence-electron chi connectivity index (χ2n) is 4.17. The van der Waals surface area contributed by atoms with E-state index in [2.05, 4.69) is 35.9 Å². The van der Waals surface area contributed by atoms with Gasteiger partial charge in [0.25, 0.3) is 0 Å². The van der Waals surface area contributed by atoms with Gasteiger partial charge in [-0.15, -0.1) is 0 Å². The van der Waals surface area contributed by atoms with Crippen LogP contribution in [0.5, 0.6) is 0 Å². The summed E-state index contributed by atoms with van der Waals surface area (Å²) < 4.78 is 0. The molecule has 0 radical (unpaired) electrons. The number of H-pyrrole nitrogens is 1. The smallest absolute Gasteiger partial charge is 0.120 e. The second kappa shape index (κ2) is 4.49. The third-order valence-electron chi connectivity index (χ3n) is 2.60. The molecular weight excluding hydrogens is 198 g/mol.